The van der Waals surface area contributed by atoms with Gasteiger partial charge in [-0.2, -0.15) is 0 Å². The van der Waals surface area contributed by atoms with E-state index in [1.54, 1.807) is 25.3 Å². The Hall–Kier alpha value is -3.73. The van der Waals surface area contributed by atoms with E-state index in [2.05, 4.69) is 49.3 Å². The predicted molar refractivity (Wildman–Crippen MR) is 153 cm³/mol. The van der Waals surface area contributed by atoms with E-state index in [0.29, 0.717) is 50.2 Å². The molecule has 2 heterocycles. The van der Waals surface area contributed by atoms with Crippen molar-refractivity contribution in [2.75, 3.05) is 68.3 Å². The summed E-state index contributed by atoms with van der Waals surface area (Å²) >= 11 is 12.5. The van der Waals surface area contributed by atoms with E-state index >= 15 is 0 Å². The third kappa shape index (κ3) is 6.39. The lowest BCUT2D eigenvalue weighted by Crippen LogP contribution is -2.44. The number of aromatic nitrogens is 2. The fourth-order valence-corrected chi connectivity index (χ4v) is 4.49. The summed E-state index contributed by atoms with van der Waals surface area (Å²) < 4.78 is 11.0. The minimum atomic E-state index is -0.305. The van der Waals surface area contributed by atoms with Crippen molar-refractivity contribution in [3.05, 3.63) is 59.4 Å². The van der Waals surface area contributed by atoms with Crippen molar-refractivity contribution in [3.63, 3.8) is 0 Å². The largest absolute Gasteiger partial charge is 0.495 e. The first-order valence-electron chi connectivity index (χ1n) is 11.8. The van der Waals surface area contributed by atoms with Gasteiger partial charge in [-0.05, 0) is 25.3 Å². The van der Waals surface area contributed by atoms with Crippen molar-refractivity contribution < 1.29 is 14.3 Å². The number of benzene rings is 2. The zero-order valence-electron chi connectivity index (χ0n) is 21.3. The molecule has 4 rings (SSSR count). The third-order valence-corrected chi connectivity index (χ3v) is 6.65. The number of hydrogen-bond donors (Lipinski definition) is 3. The van der Waals surface area contributed by atoms with E-state index < -0.39 is 0 Å². The van der Waals surface area contributed by atoms with Gasteiger partial charge in [-0.25, -0.2) is 9.97 Å². The minimum absolute atomic E-state index is 0.305. The van der Waals surface area contributed by atoms with Crippen LogP contribution in [0.5, 0.6) is 11.5 Å². The van der Waals surface area contributed by atoms with Crippen LogP contribution in [0.1, 0.15) is 0 Å². The normalized spacial score (nSPS) is 13.6. The van der Waals surface area contributed by atoms with Gasteiger partial charge in [0.05, 0.1) is 47.0 Å². The van der Waals surface area contributed by atoms with Crippen molar-refractivity contribution in [3.8, 4) is 11.5 Å². The molecule has 10 nitrogen and oxygen atoms in total. The van der Waals surface area contributed by atoms with Crippen molar-refractivity contribution in [2.45, 2.75) is 0 Å². The molecule has 0 saturated carbocycles. The zero-order chi connectivity index (χ0) is 27.2. The number of carbonyl (C=O) groups is 1. The van der Waals surface area contributed by atoms with E-state index in [4.69, 9.17) is 32.7 Å². The van der Waals surface area contributed by atoms with Gasteiger partial charge in [0.25, 0.3) is 0 Å². The van der Waals surface area contributed by atoms with Crippen molar-refractivity contribution in [2.24, 2.45) is 0 Å². The Morgan fingerprint density at radius 2 is 1.55 bits per heavy atom. The van der Waals surface area contributed by atoms with Crippen LogP contribution in [0.4, 0.5) is 34.4 Å². The molecule has 0 unspecified atom stereocenters. The number of rotatable bonds is 9. The molecule has 1 saturated heterocycles. The lowest BCUT2D eigenvalue weighted by molar-refractivity contribution is -0.111. The van der Waals surface area contributed by atoms with Crippen LogP contribution in [0.15, 0.2) is 49.3 Å². The van der Waals surface area contributed by atoms with Gasteiger partial charge < -0.3 is 35.2 Å². The highest BCUT2D eigenvalue weighted by Crippen LogP contribution is 2.39. The molecular formula is C26H29Cl2N7O3. The summed E-state index contributed by atoms with van der Waals surface area (Å²) in [6.07, 6.45) is 2.65. The van der Waals surface area contributed by atoms with Crippen LogP contribution in [0.25, 0.3) is 0 Å². The lowest BCUT2D eigenvalue weighted by Gasteiger charge is -2.35. The van der Waals surface area contributed by atoms with Gasteiger partial charge >= 0.3 is 0 Å². The Labute approximate surface area is 231 Å². The van der Waals surface area contributed by atoms with Gasteiger partial charge in [-0.15, -0.1) is 0 Å². The maximum absolute atomic E-state index is 12.2. The molecule has 0 aliphatic carbocycles. The molecular weight excluding hydrogens is 529 g/mol. The molecule has 1 aliphatic rings. The first-order chi connectivity index (χ1) is 18.3. The number of piperazine rings is 1. The molecule has 1 aliphatic heterocycles. The molecule has 3 N–H and O–H groups in total. The maximum atomic E-state index is 12.2. The predicted octanol–water partition coefficient (Wildman–Crippen LogP) is 5.16. The number of amides is 1. The zero-order valence-corrected chi connectivity index (χ0v) is 22.9. The number of methoxy groups -OCH3 is 2. The second-order valence-electron chi connectivity index (χ2n) is 8.56. The molecule has 0 atom stereocenters. The van der Waals surface area contributed by atoms with E-state index in [0.717, 1.165) is 31.9 Å². The van der Waals surface area contributed by atoms with Crippen LogP contribution >= 0.6 is 23.2 Å². The molecule has 1 aromatic heterocycles. The molecule has 0 radical (unpaired) electrons. The van der Waals surface area contributed by atoms with Gasteiger partial charge in [-0.3, -0.25) is 4.79 Å². The third-order valence-electron chi connectivity index (χ3n) is 6.04. The standard InChI is InChI=1S/C26H29Cl2N7O3/c1-5-26(36)33-19-11-20(23(38-4)13-21(19)35-8-6-34(2)7-9-35)32-25-14-24(29-15-30-25)31-18-12-22(37-3)17(28)10-16(18)27/h5,10-15H,1,6-9H2,2-4H3,(H,33,36)(H2,29,30,31,32). The summed E-state index contributed by atoms with van der Waals surface area (Å²) in [5, 5.41) is 10.2. The highest BCUT2D eigenvalue weighted by Gasteiger charge is 2.21. The molecule has 200 valence electrons. The van der Waals surface area contributed by atoms with Crippen molar-refractivity contribution in [1.29, 1.82) is 0 Å². The van der Waals surface area contributed by atoms with Gasteiger partial charge in [-0.1, -0.05) is 29.8 Å². The van der Waals surface area contributed by atoms with E-state index in [1.165, 1.54) is 19.5 Å². The Balaban J connectivity index is 1.63. The number of likely N-dealkylation sites (N-methyl/N-ethyl adjacent to an activating group) is 1. The van der Waals surface area contributed by atoms with Crippen LogP contribution < -0.4 is 30.3 Å². The van der Waals surface area contributed by atoms with Crippen LogP contribution in [-0.2, 0) is 4.79 Å². The number of hydrogen-bond acceptors (Lipinski definition) is 9. The molecule has 38 heavy (non-hydrogen) atoms. The Morgan fingerprint density at radius 1 is 0.895 bits per heavy atom. The summed E-state index contributed by atoms with van der Waals surface area (Å²) in [5.74, 6) is 1.74. The van der Waals surface area contributed by atoms with Gasteiger partial charge in [0.2, 0.25) is 5.91 Å². The number of nitrogens with zero attached hydrogens (tertiary/aromatic N) is 4. The summed E-state index contributed by atoms with van der Waals surface area (Å²) in [6.45, 7) is 7.05. The van der Waals surface area contributed by atoms with E-state index in [-0.39, 0.29) is 5.91 Å². The fourth-order valence-electron chi connectivity index (χ4n) is 3.98. The average Bonchev–Trinajstić information content (AvgIpc) is 2.91. The molecule has 0 spiro atoms. The van der Waals surface area contributed by atoms with Gasteiger partial charge in [0.15, 0.2) is 0 Å². The second-order valence-corrected chi connectivity index (χ2v) is 9.37. The Morgan fingerprint density at radius 3 is 2.18 bits per heavy atom. The lowest BCUT2D eigenvalue weighted by atomic mass is 10.1. The van der Waals surface area contributed by atoms with Crippen molar-refractivity contribution in [1.82, 2.24) is 14.9 Å². The van der Waals surface area contributed by atoms with Gasteiger partial charge in [0, 0.05) is 44.4 Å². The van der Waals surface area contributed by atoms with E-state index in [1.807, 2.05) is 12.1 Å². The molecule has 1 fully saturated rings. The molecule has 12 heteroatoms. The van der Waals surface area contributed by atoms with E-state index in [9.17, 15) is 4.79 Å². The summed E-state index contributed by atoms with van der Waals surface area (Å²) in [5.41, 5.74) is 2.68. The Kier molecular flexibility index (Phi) is 8.77. The highest BCUT2D eigenvalue weighted by molar-refractivity contribution is 6.37. The number of nitrogens with one attached hydrogen (secondary N) is 3. The minimum Gasteiger partial charge on any atom is -0.495 e. The number of ether oxygens (including phenoxy) is 2. The average molecular weight is 558 g/mol. The monoisotopic (exact) mass is 557 g/mol. The quantitative estimate of drug-likeness (QED) is 0.307. The molecule has 3 aromatic rings. The topological polar surface area (TPSA) is 104 Å². The first-order valence-corrected chi connectivity index (χ1v) is 12.5. The SMILES string of the molecule is C=CC(=O)Nc1cc(Nc2cc(Nc3cc(OC)c(Cl)cc3Cl)ncn2)c(OC)cc1N1CCN(C)CC1. The molecule has 1 amide bonds. The second kappa shape index (κ2) is 12.2. The fraction of sp³-hybridized carbons (Fsp3) is 0.269. The first kappa shape index (κ1) is 27.3. The number of anilines is 6. The number of halogens is 2. The van der Waals surface area contributed by atoms with Crippen molar-refractivity contribution >= 4 is 63.5 Å². The maximum Gasteiger partial charge on any atom is 0.247 e. The number of carbonyl (C=O) groups excluding carboxylic acids is 1. The molecule has 2 aromatic carbocycles. The van der Waals surface area contributed by atoms with Crippen LogP contribution in [0.3, 0.4) is 0 Å². The highest BCUT2D eigenvalue weighted by atomic mass is 35.5. The van der Waals surface area contributed by atoms with Crippen LogP contribution in [-0.4, -0.2) is 68.2 Å². The summed E-state index contributed by atoms with van der Waals surface area (Å²) in [7, 11) is 5.21. The van der Waals surface area contributed by atoms with Crippen LogP contribution in [0.2, 0.25) is 10.0 Å². The Bertz CT molecular complexity index is 1330. The summed E-state index contributed by atoms with van der Waals surface area (Å²) in [4.78, 5) is 25.3. The van der Waals surface area contributed by atoms with Crippen LogP contribution in [0, 0.1) is 0 Å². The molecule has 0 bridgehead atoms. The van der Waals surface area contributed by atoms with Gasteiger partial charge in [0.1, 0.15) is 29.5 Å². The summed E-state index contributed by atoms with van der Waals surface area (Å²) in [6, 6.07) is 8.73. The smallest absolute Gasteiger partial charge is 0.247 e.